The second-order valence-electron chi connectivity index (χ2n) is 7.38. The van der Waals surface area contributed by atoms with Crippen LogP contribution in [0.2, 0.25) is 0 Å². The molecule has 0 aliphatic rings. The number of H-pyrrole nitrogens is 1. The highest BCUT2D eigenvalue weighted by Crippen LogP contribution is 2.31. The lowest BCUT2D eigenvalue weighted by atomic mass is 10.1. The fourth-order valence-electron chi connectivity index (χ4n) is 3.45. The molecule has 0 saturated carbocycles. The molecular weight excluding hydrogens is 472 g/mol. The summed E-state index contributed by atoms with van der Waals surface area (Å²) in [5.41, 5.74) is 3.38. The van der Waals surface area contributed by atoms with E-state index in [9.17, 15) is 13.2 Å². The van der Waals surface area contributed by atoms with Gasteiger partial charge in [-0.2, -0.15) is 5.10 Å². The Labute approximate surface area is 198 Å². The maximum Gasteiger partial charge on any atom is 0.324 e. The minimum Gasteiger partial charge on any atom is -0.308 e. The molecule has 11 heteroatoms. The number of carbonyl (C=O) groups is 1. The van der Waals surface area contributed by atoms with Crippen LogP contribution in [0.15, 0.2) is 83.9 Å². The van der Waals surface area contributed by atoms with E-state index in [0.717, 1.165) is 16.1 Å². The number of aromatic amines is 1. The number of urea groups is 1. The van der Waals surface area contributed by atoms with Crippen molar-refractivity contribution in [3.63, 3.8) is 0 Å². The molecule has 0 bridgehead atoms. The smallest absolute Gasteiger partial charge is 0.308 e. The number of hydrogen-bond acceptors (Lipinski definition) is 6. The lowest BCUT2D eigenvalue weighted by Gasteiger charge is -2.07. The number of fused-ring (bicyclic) bond motifs is 1. The van der Waals surface area contributed by atoms with Gasteiger partial charge < -0.3 is 5.32 Å². The highest BCUT2D eigenvalue weighted by atomic mass is 32.2. The predicted molar refractivity (Wildman–Crippen MR) is 133 cm³/mol. The standard InChI is InChI=1S/C23H18N6O3S2/c24-34(31,32)17-8-4-7-15(11-17)21-18-12-16(9-10-19(18)28-29-21)26-23(30)27-20-13-25-22(33-20)14-5-2-1-3-6-14/h1-13H,(H,28,29)(H2,24,31,32)(H2,26,27,30). The summed E-state index contributed by atoms with van der Waals surface area (Å²) in [6.07, 6.45) is 1.61. The number of benzene rings is 3. The Morgan fingerprint density at radius 3 is 2.53 bits per heavy atom. The zero-order valence-electron chi connectivity index (χ0n) is 17.5. The fraction of sp³-hybridized carbons (Fsp3) is 0. The van der Waals surface area contributed by atoms with Gasteiger partial charge in [0, 0.05) is 22.2 Å². The average molecular weight is 491 g/mol. The summed E-state index contributed by atoms with van der Waals surface area (Å²) in [5, 5.41) is 20.2. The third-order valence-corrected chi connectivity index (χ3v) is 6.89. The van der Waals surface area contributed by atoms with Crippen LogP contribution in [0.4, 0.5) is 15.5 Å². The van der Waals surface area contributed by atoms with E-state index in [1.54, 1.807) is 36.5 Å². The van der Waals surface area contributed by atoms with E-state index >= 15 is 0 Å². The van der Waals surface area contributed by atoms with Gasteiger partial charge in [0.2, 0.25) is 10.0 Å². The Balaban J connectivity index is 1.36. The number of rotatable bonds is 5. The monoisotopic (exact) mass is 490 g/mol. The molecule has 0 unspecified atom stereocenters. The zero-order valence-corrected chi connectivity index (χ0v) is 19.2. The molecule has 0 radical (unpaired) electrons. The molecule has 170 valence electrons. The van der Waals surface area contributed by atoms with E-state index in [4.69, 9.17) is 5.14 Å². The maximum atomic E-state index is 12.6. The fourth-order valence-corrected chi connectivity index (χ4v) is 4.83. The molecule has 34 heavy (non-hydrogen) atoms. The first kappa shape index (κ1) is 21.8. The molecule has 0 fully saturated rings. The van der Waals surface area contributed by atoms with Crippen LogP contribution in [-0.4, -0.2) is 29.6 Å². The maximum absolute atomic E-state index is 12.6. The lowest BCUT2D eigenvalue weighted by Crippen LogP contribution is -2.18. The van der Waals surface area contributed by atoms with Crippen molar-refractivity contribution in [1.29, 1.82) is 0 Å². The summed E-state index contributed by atoms with van der Waals surface area (Å²) < 4.78 is 23.4. The highest BCUT2D eigenvalue weighted by molar-refractivity contribution is 7.89. The summed E-state index contributed by atoms with van der Waals surface area (Å²) in [6.45, 7) is 0. The number of hydrogen-bond donors (Lipinski definition) is 4. The van der Waals surface area contributed by atoms with Crippen molar-refractivity contribution in [3.8, 4) is 21.8 Å². The van der Waals surface area contributed by atoms with Gasteiger partial charge in [-0.15, -0.1) is 0 Å². The number of thiazole rings is 1. The van der Waals surface area contributed by atoms with Gasteiger partial charge in [0.1, 0.15) is 15.7 Å². The van der Waals surface area contributed by atoms with Crippen molar-refractivity contribution in [1.82, 2.24) is 15.2 Å². The third kappa shape index (κ3) is 4.53. The van der Waals surface area contributed by atoms with Crippen molar-refractivity contribution in [3.05, 3.63) is 79.0 Å². The normalized spacial score (nSPS) is 11.4. The molecule has 5 rings (SSSR count). The van der Waals surface area contributed by atoms with Crippen LogP contribution in [0.3, 0.4) is 0 Å². The third-order valence-electron chi connectivity index (χ3n) is 5.02. The Kier molecular flexibility index (Phi) is 5.57. The predicted octanol–water partition coefficient (Wildman–Crippen LogP) is 4.64. The molecule has 0 atom stereocenters. The number of carbonyl (C=O) groups excluding carboxylic acids is 1. The van der Waals surface area contributed by atoms with E-state index in [2.05, 4.69) is 25.8 Å². The molecule has 2 aromatic heterocycles. The van der Waals surface area contributed by atoms with Gasteiger partial charge >= 0.3 is 6.03 Å². The average Bonchev–Trinajstić information content (AvgIpc) is 3.46. The Bertz CT molecular complexity index is 1610. The molecule has 5 aromatic rings. The minimum atomic E-state index is -3.85. The van der Waals surface area contributed by atoms with Gasteiger partial charge in [0.05, 0.1) is 16.6 Å². The van der Waals surface area contributed by atoms with Crippen LogP contribution in [0, 0.1) is 0 Å². The number of primary sulfonamides is 1. The second-order valence-corrected chi connectivity index (χ2v) is 9.97. The minimum absolute atomic E-state index is 0.00534. The van der Waals surface area contributed by atoms with E-state index in [0.29, 0.717) is 27.3 Å². The number of anilines is 2. The second kappa shape index (κ2) is 8.71. The molecule has 2 amide bonds. The Morgan fingerprint density at radius 1 is 0.941 bits per heavy atom. The zero-order chi connectivity index (χ0) is 23.7. The molecule has 0 spiro atoms. The van der Waals surface area contributed by atoms with Gasteiger partial charge in [0.25, 0.3) is 0 Å². The quantitative estimate of drug-likeness (QED) is 0.284. The summed E-state index contributed by atoms with van der Waals surface area (Å²) in [5.74, 6) is 0. The number of aromatic nitrogens is 3. The van der Waals surface area contributed by atoms with Crippen molar-refractivity contribution >= 4 is 49.0 Å². The van der Waals surface area contributed by atoms with E-state index in [-0.39, 0.29) is 4.90 Å². The first-order chi connectivity index (χ1) is 16.4. The lowest BCUT2D eigenvalue weighted by molar-refractivity contribution is 0.262. The largest absolute Gasteiger partial charge is 0.324 e. The van der Waals surface area contributed by atoms with Gasteiger partial charge in [-0.05, 0) is 30.3 Å². The molecular formula is C23H18N6O3S2. The summed E-state index contributed by atoms with van der Waals surface area (Å²) in [4.78, 5) is 16.9. The molecule has 2 heterocycles. The number of nitrogens with zero attached hydrogens (tertiary/aromatic N) is 2. The molecule has 0 saturated heterocycles. The molecule has 0 aliphatic heterocycles. The summed E-state index contributed by atoms with van der Waals surface area (Å²) in [7, 11) is -3.85. The van der Waals surface area contributed by atoms with E-state index < -0.39 is 16.1 Å². The highest BCUT2D eigenvalue weighted by Gasteiger charge is 2.14. The van der Waals surface area contributed by atoms with Crippen LogP contribution < -0.4 is 15.8 Å². The van der Waals surface area contributed by atoms with Crippen LogP contribution >= 0.6 is 11.3 Å². The number of nitrogens with one attached hydrogen (secondary N) is 3. The van der Waals surface area contributed by atoms with Gasteiger partial charge in [-0.1, -0.05) is 53.8 Å². The van der Waals surface area contributed by atoms with Crippen molar-refractivity contribution in [2.75, 3.05) is 10.6 Å². The van der Waals surface area contributed by atoms with Crippen LogP contribution in [0.5, 0.6) is 0 Å². The van der Waals surface area contributed by atoms with Crippen molar-refractivity contribution in [2.24, 2.45) is 5.14 Å². The molecule has 3 aromatic carbocycles. The van der Waals surface area contributed by atoms with Crippen molar-refractivity contribution < 1.29 is 13.2 Å². The first-order valence-electron chi connectivity index (χ1n) is 10.1. The first-order valence-corrected chi connectivity index (χ1v) is 12.4. The van der Waals surface area contributed by atoms with Crippen LogP contribution in [0.1, 0.15) is 0 Å². The van der Waals surface area contributed by atoms with E-state index in [1.165, 1.54) is 23.5 Å². The van der Waals surface area contributed by atoms with Crippen LogP contribution in [0.25, 0.3) is 32.7 Å². The molecule has 5 N–H and O–H groups in total. The number of nitrogens with two attached hydrogens (primary N) is 1. The SMILES string of the molecule is NS(=O)(=O)c1cccc(-c2n[nH]c3ccc(NC(=O)Nc4cnc(-c5ccccc5)s4)cc23)c1. The summed E-state index contributed by atoms with van der Waals surface area (Å²) >= 11 is 1.37. The Hall–Kier alpha value is -4.06. The Morgan fingerprint density at radius 2 is 1.74 bits per heavy atom. The van der Waals surface area contributed by atoms with Gasteiger partial charge in [-0.3, -0.25) is 10.4 Å². The number of sulfonamides is 1. The van der Waals surface area contributed by atoms with Gasteiger partial charge in [0.15, 0.2) is 0 Å². The topological polar surface area (TPSA) is 143 Å². The summed E-state index contributed by atoms with van der Waals surface area (Å²) in [6, 6.07) is 20.8. The van der Waals surface area contributed by atoms with Gasteiger partial charge in [-0.25, -0.2) is 23.3 Å². The van der Waals surface area contributed by atoms with Crippen LogP contribution in [-0.2, 0) is 10.0 Å². The number of amides is 2. The van der Waals surface area contributed by atoms with Crippen molar-refractivity contribution in [2.45, 2.75) is 4.90 Å². The molecule has 9 nitrogen and oxygen atoms in total. The molecule has 0 aliphatic carbocycles. The van der Waals surface area contributed by atoms with E-state index in [1.807, 2.05) is 30.3 Å².